The maximum Gasteiger partial charge on any atom is 0.200 e. The highest BCUT2D eigenvalue weighted by Crippen LogP contribution is 2.15. The highest BCUT2D eigenvalue weighted by Gasteiger charge is 2.25. The molecule has 90 valence electrons. The molecule has 1 atom stereocenters. The van der Waals surface area contributed by atoms with E-state index in [-0.39, 0.29) is 6.04 Å². The van der Waals surface area contributed by atoms with Crippen molar-refractivity contribution in [2.45, 2.75) is 6.04 Å². The van der Waals surface area contributed by atoms with Crippen LogP contribution >= 0.6 is 0 Å². The topological polar surface area (TPSA) is 46.7 Å². The maximum atomic E-state index is 9.32. The van der Waals surface area contributed by atoms with Gasteiger partial charge in [-0.15, -0.1) is 0 Å². The highest BCUT2D eigenvalue weighted by atomic mass is 16.5. The lowest BCUT2D eigenvalue weighted by molar-refractivity contribution is -0.930. The van der Waals surface area contributed by atoms with Crippen LogP contribution in [0.1, 0.15) is 11.6 Å². The van der Waals surface area contributed by atoms with E-state index in [0.717, 1.165) is 37.6 Å². The first-order valence-electron chi connectivity index (χ1n) is 5.81. The zero-order chi connectivity index (χ0) is 12.1. The van der Waals surface area contributed by atoms with Crippen molar-refractivity contribution in [3.8, 4) is 11.8 Å². The summed E-state index contributed by atoms with van der Waals surface area (Å²) < 4.78 is 10.4. The number of hydrogen-bond donors (Lipinski definition) is 1. The summed E-state index contributed by atoms with van der Waals surface area (Å²) in [6, 6.07) is 10.0. The Labute approximate surface area is 101 Å². The van der Waals surface area contributed by atoms with Crippen molar-refractivity contribution in [3.05, 3.63) is 29.8 Å². The van der Waals surface area contributed by atoms with Gasteiger partial charge in [0.15, 0.2) is 0 Å². The molecule has 2 rings (SSSR count). The number of nitrogens with one attached hydrogen (secondary N) is 1. The molecule has 0 aliphatic carbocycles. The number of ether oxygens (including phenoxy) is 2. The molecule has 0 saturated carbocycles. The second-order valence-corrected chi connectivity index (χ2v) is 4.11. The first kappa shape index (κ1) is 11.9. The molecular weight excluding hydrogens is 216 g/mol. The zero-order valence-electron chi connectivity index (χ0n) is 9.98. The Kier molecular flexibility index (Phi) is 3.97. The monoisotopic (exact) mass is 233 g/mol. The zero-order valence-corrected chi connectivity index (χ0v) is 9.98. The van der Waals surface area contributed by atoms with Gasteiger partial charge in [0, 0.05) is 5.56 Å². The third-order valence-corrected chi connectivity index (χ3v) is 3.12. The van der Waals surface area contributed by atoms with Gasteiger partial charge in [0.05, 0.1) is 20.3 Å². The molecule has 0 bridgehead atoms. The summed E-state index contributed by atoms with van der Waals surface area (Å²) in [5, 5.41) is 9.32. The Hall–Kier alpha value is -1.57. The molecule has 1 saturated heterocycles. The number of nitriles is 1. The Balaban J connectivity index is 2.13. The molecule has 4 heteroatoms. The van der Waals surface area contributed by atoms with Crippen molar-refractivity contribution in [2.24, 2.45) is 0 Å². The van der Waals surface area contributed by atoms with E-state index in [9.17, 15) is 5.26 Å². The van der Waals surface area contributed by atoms with Gasteiger partial charge in [-0.3, -0.25) is 0 Å². The van der Waals surface area contributed by atoms with E-state index in [1.54, 1.807) is 7.11 Å². The van der Waals surface area contributed by atoms with Crippen molar-refractivity contribution < 1.29 is 14.4 Å². The predicted molar refractivity (Wildman–Crippen MR) is 62.9 cm³/mol. The number of nitrogens with zero attached hydrogens (tertiary/aromatic N) is 1. The number of benzene rings is 1. The quantitative estimate of drug-likeness (QED) is 0.810. The number of morpholine rings is 1. The van der Waals surface area contributed by atoms with Crippen LogP contribution in [-0.2, 0) is 4.74 Å². The normalized spacial score (nSPS) is 18.4. The number of hydrogen-bond acceptors (Lipinski definition) is 3. The molecule has 17 heavy (non-hydrogen) atoms. The summed E-state index contributed by atoms with van der Waals surface area (Å²) in [6.07, 6.45) is 0. The van der Waals surface area contributed by atoms with E-state index >= 15 is 0 Å². The Morgan fingerprint density at radius 3 is 2.47 bits per heavy atom. The molecule has 1 aliphatic heterocycles. The summed E-state index contributed by atoms with van der Waals surface area (Å²) in [5.74, 6) is 0.822. The summed E-state index contributed by atoms with van der Waals surface area (Å²) in [5.41, 5.74) is 1.05. The molecule has 0 aromatic heterocycles. The summed E-state index contributed by atoms with van der Waals surface area (Å²) in [4.78, 5) is 1.28. The maximum absolute atomic E-state index is 9.32. The largest absolute Gasteiger partial charge is 0.497 e. The fourth-order valence-corrected chi connectivity index (χ4v) is 2.12. The molecule has 0 spiro atoms. The first-order valence-corrected chi connectivity index (χ1v) is 5.81. The molecule has 1 heterocycles. The molecular formula is C13H17N2O2+. The molecule has 0 radical (unpaired) electrons. The van der Waals surface area contributed by atoms with Gasteiger partial charge >= 0.3 is 0 Å². The van der Waals surface area contributed by atoms with E-state index in [2.05, 4.69) is 6.07 Å². The van der Waals surface area contributed by atoms with Crippen LogP contribution in [0.2, 0.25) is 0 Å². The van der Waals surface area contributed by atoms with Gasteiger partial charge in [-0.1, -0.05) is 0 Å². The Bertz CT molecular complexity index is 391. The van der Waals surface area contributed by atoms with Gasteiger partial charge in [0.25, 0.3) is 0 Å². The van der Waals surface area contributed by atoms with Crippen molar-refractivity contribution in [3.63, 3.8) is 0 Å². The van der Waals surface area contributed by atoms with Gasteiger partial charge < -0.3 is 14.4 Å². The summed E-state index contributed by atoms with van der Waals surface area (Å²) in [6.45, 7) is 3.27. The van der Waals surface area contributed by atoms with E-state index in [0.29, 0.717) is 0 Å². The van der Waals surface area contributed by atoms with Gasteiger partial charge in [0.1, 0.15) is 24.9 Å². The summed E-state index contributed by atoms with van der Waals surface area (Å²) in [7, 11) is 1.64. The minimum atomic E-state index is -0.107. The molecule has 1 aromatic carbocycles. The van der Waals surface area contributed by atoms with Gasteiger partial charge in [-0.25, -0.2) is 0 Å². The molecule has 1 fully saturated rings. The molecule has 1 aliphatic rings. The third kappa shape index (κ3) is 2.76. The van der Waals surface area contributed by atoms with Crippen LogP contribution in [-0.4, -0.2) is 33.4 Å². The molecule has 1 aromatic rings. The number of rotatable bonds is 3. The fourth-order valence-electron chi connectivity index (χ4n) is 2.12. The smallest absolute Gasteiger partial charge is 0.200 e. The first-order chi connectivity index (χ1) is 8.35. The fraction of sp³-hybridized carbons (Fsp3) is 0.462. The molecule has 4 nitrogen and oxygen atoms in total. The van der Waals surface area contributed by atoms with Gasteiger partial charge in [-0.2, -0.15) is 5.26 Å². The molecule has 0 amide bonds. The van der Waals surface area contributed by atoms with Crippen LogP contribution < -0.4 is 9.64 Å². The van der Waals surface area contributed by atoms with Crippen molar-refractivity contribution in [2.75, 3.05) is 33.4 Å². The standard InChI is InChI=1S/C13H16N2O2/c1-16-12-4-2-11(3-5-12)13(10-14)15-6-8-17-9-7-15/h2-5,13H,6-9H2,1H3/p+1/t13-/m1/s1. The van der Waals surface area contributed by atoms with Gasteiger partial charge in [0.2, 0.25) is 6.04 Å². The average molecular weight is 233 g/mol. The lowest BCUT2D eigenvalue weighted by Crippen LogP contribution is -3.14. The van der Waals surface area contributed by atoms with Crippen molar-refractivity contribution >= 4 is 0 Å². The third-order valence-electron chi connectivity index (χ3n) is 3.12. The van der Waals surface area contributed by atoms with Crippen LogP contribution in [0.3, 0.4) is 0 Å². The molecule has 1 N–H and O–H groups in total. The van der Waals surface area contributed by atoms with Crippen LogP contribution in [0, 0.1) is 11.3 Å². The van der Waals surface area contributed by atoms with Crippen LogP contribution in [0.15, 0.2) is 24.3 Å². The van der Waals surface area contributed by atoms with E-state index < -0.39 is 0 Å². The van der Waals surface area contributed by atoms with Crippen LogP contribution in [0.4, 0.5) is 0 Å². The van der Waals surface area contributed by atoms with Gasteiger partial charge in [-0.05, 0) is 24.3 Å². The lowest BCUT2D eigenvalue weighted by Gasteiger charge is -2.27. The second-order valence-electron chi connectivity index (χ2n) is 4.11. The lowest BCUT2D eigenvalue weighted by atomic mass is 10.1. The van der Waals surface area contributed by atoms with Crippen molar-refractivity contribution in [1.29, 1.82) is 5.26 Å². The van der Waals surface area contributed by atoms with Crippen LogP contribution in [0.5, 0.6) is 5.75 Å². The highest BCUT2D eigenvalue weighted by molar-refractivity contribution is 5.30. The number of quaternary nitrogens is 1. The number of methoxy groups -OCH3 is 1. The van der Waals surface area contributed by atoms with Crippen LogP contribution in [0.25, 0.3) is 0 Å². The summed E-state index contributed by atoms with van der Waals surface area (Å²) >= 11 is 0. The Morgan fingerprint density at radius 1 is 1.29 bits per heavy atom. The SMILES string of the molecule is COc1ccc([C@@H](C#N)[NH+]2CCOCC2)cc1. The minimum absolute atomic E-state index is 0.107. The van der Waals surface area contributed by atoms with E-state index in [4.69, 9.17) is 9.47 Å². The Morgan fingerprint density at radius 2 is 1.94 bits per heavy atom. The predicted octanol–water partition coefficient (Wildman–Crippen LogP) is 0.175. The minimum Gasteiger partial charge on any atom is -0.497 e. The van der Waals surface area contributed by atoms with E-state index in [1.807, 2.05) is 24.3 Å². The second kappa shape index (κ2) is 5.67. The average Bonchev–Trinajstić information content (AvgIpc) is 2.42. The van der Waals surface area contributed by atoms with Crippen molar-refractivity contribution in [1.82, 2.24) is 0 Å². The van der Waals surface area contributed by atoms with E-state index in [1.165, 1.54) is 4.90 Å². The molecule has 0 unspecified atom stereocenters.